The van der Waals surface area contributed by atoms with E-state index in [1.165, 1.54) is 12.8 Å². The lowest BCUT2D eigenvalue weighted by Crippen LogP contribution is -2.38. The first-order chi connectivity index (χ1) is 8.16. The fourth-order valence-electron chi connectivity index (χ4n) is 2.00. The quantitative estimate of drug-likeness (QED) is 0.874. The molecule has 1 aliphatic rings. The third kappa shape index (κ3) is 4.23. The van der Waals surface area contributed by atoms with Gasteiger partial charge in [-0.15, -0.1) is 23.7 Å². The molecule has 2 heterocycles. The second-order valence-electron chi connectivity index (χ2n) is 4.40. The monoisotopic (exact) mass is 352 g/mol. The van der Waals surface area contributed by atoms with E-state index < -0.39 is 0 Å². The molecule has 2 unspecified atom stereocenters. The molecule has 1 amide bonds. The second kappa shape index (κ2) is 7.48. The van der Waals surface area contributed by atoms with Crippen LogP contribution in [0, 0.1) is 0 Å². The first-order valence-electron chi connectivity index (χ1n) is 5.93. The maximum Gasteiger partial charge on any atom is 0.228 e. The largest absolute Gasteiger partial charge is 0.354 e. The molecule has 1 aromatic heterocycles. The minimum absolute atomic E-state index is 0. The Kier molecular flexibility index (Phi) is 6.63. The molecular formula is C12H18BrClN2OS. The van der Waals surface area contributed by atoms with Gasteiger partial charge in [-0.3, -0.25) is 4.79 Å². The van der Waals surface area contributed by atoms with Crippen molar-refractivity contribution in [2.75, 3.05) is 13.1 Å². The summed E-state index contributed by atoms with van der Waals surface area (Å²) in [5.74, 6) is 0.0563. The van der Waals surface area contributed by atoms with Gasteiger partial charge in [0.1, 0.15) is 0 Å². The minimum Gasteiger partial charge on any atom is -0.354 e. The maximum absolute atomic E-state index is 12.0. The van der Waals surface area contributed by atoms with Crippen LogP contribution in [-0.4, -0.2) is 25.0 Å². The number of nitrogens with one attached hydrogen (secondary N) is 2. The Morgan fingerprint density at radius 2 is 2.44 bits per heavy atom. The molecule has 6 heteroatoms. The third-order valence-corrected chi connectivity index (χ3v) is 4.91. The van der Waals surface area contributed by atoms with Gasteiger partial charge in [-0.1, -0.05) is 0 Å². The number of amides is 1. The van der Waals surface area contributed by atoms with E-state index in [4.69, 9.17) is 0 Å². The zero-order valence-electron chi connectivity index (χ0n) is 10.2. The number of rotatable bonds is 4. The van der Waals surface area contributed by atoms with Crippen LogP contribution in [0.4, 0.5) is 0 Å². The Morgan fingerprint density at radius 1 is 1.67 bits per heavy atom. The number of carbonyl (C=O) groups excluding carboxylic acids is 1. The van der Waals surface area contributed by atoms with Gasteiger partial charge in [0, 0.05) is 17.5 Å². The van der Waals surface area contributed by atoms with Gasteiger partial charge in [0.05, 0.1) is 9.70 Å². The zero-order valence-corrected chi connectivity index (χ0v) is 13.5. The van der Waals surface area contributed by atoms with E-state index in [9.17, 15) is 4.79 Å². The van der Waals surface area contributed by atoms with Crippen molar-refractivity contribution in [2.45, 2.75) is 31.7 Å². The summed E-state index contributed by atoms with van der Waals surface area (Å²) < 4.78 is 1.07. The lowest BCUT2D eigenvalue weighted by Gasteiger charge is -2.14. The van der Waals surface area contributed by atoms with E-state index in [1.54, 1.807) is 11.3 Å². The summed E-state index contributed by atoms with van der Waals surface area (Å²) in [4.78, 5) is 13.1. The molecule has 1 aromatic rings. The minimum atomic E-state index is -0.0623. The van der Waals surface area contributed by atoms with Gasteiger partial charge in [0.15, 0.2) is 0 Å². The predicted molar refractivity (Wildman–Crippen MR) is 81.7 cm³/mol. The van der Waals surface area contributed by atoms with E-state index in [0.29, 0.717) is 6.04 Å². The number of thiophene rings is 1. The molecule has 18 heavy (non-hydrogen) atoms. The maximum atomic E-state index is 12.0. The third-order valence-electron chi connectivity index (χ3n) is 3.10. The van der Waals surface area contributed by atoms with Crippen LogP contribution in [0.25, 0.3) is 0 Å². The van der Waals surface area contributed by atoms with Crippen LogP contribution < -0.4 is 10.6 Å². The van der Waals surface area contributed by atoms with Crippen LogP contribution in [0.1, 0.15) is 30.6 Å². The van der Waals surface area contributed by atoms with Crippen LogP contribution in [0.2, 0.25) is 0 Å². The van der Waals surface area contributed by atoms with Gasteiger partial charge < -0.3 is 10.6 Å². The van der Waals surface area contributed by atoms with E-state index in [1.807, 2.05) is 19.1 Å². The van der Waals surface area contributed by atoms with Gasteiger partial charge in [0.2, 0.25) is 5.91 Å². The van der Waals surface area contributed by atoms with Gasteiger partial charge >= 0.3 is 0 Å². The summed E-state index contributed by atoms with van der Waals surface area (Å²) in [6.07, 6.45) is 2.38. The molecule has 1 aliphatic heterocycles. The highest BCUT2D eigenvalue weighted by atomic mass is 79.9. The van der Waals surface area contributed by atoms with Crippen LogP contribution in [0.5, 0.6) is 0 Å². The van der Waals surface area contributed by atoms with Crippen molar-refractivity contribution in [3.63, 3.8) is 0 Å². The lowest BCUT2D eigenvalue weighted by atomic mass is 10.1. The van der Waals surface area contributed by atoms with Gasteiger partial charge in [-0.05, 0) is 54.4 Å². The zero-order chi connectivity index (χ0) is 12.3. The molecule has 1 fully saturated rings. The molecule has 0 bridgehead atoms. The number of halogens is 2. The van der Waals surface area contributed by atoms with Crippen molar-refractivity contribution in [3.05, 3.63) is 20.8 Å². The fourth-order valence-corrected chi connectivity index (χ4v) is 3.47. The normalized spacial score (nSPS) is 20.2. The summed E-state index contributed by atoms with van der Waals surface area (Å²) in [6, 6.07) is 4.45. The van der Waals surface area contributed by atoms with Crippen molar-refractivity contribution in [1.82, 2.24) is 10.6 Å². The molecule has 1 saturated heterocycles. The topological polar surface area (TPSA) is 41.1 Å². The Balaban J connectivity index is 0.00000162. The van der Waals surface area contributed by atoms with Gasteiger partial charge in [-0.2, -0.15) is 0 Å². The molecule has 0 saturated carbocycles. The Hall–Kier alpha value is -0.100. The van der Waals surface area contributed by atoms with Crippen LogP contribution in [0.3, 0.4) is 0 Å². The van der Waals surface area contributed by atoms with Crippen molar-refractivity contribution >= 4 is 45.6 Å². The molecule has 102 valence electrons. The second-order valence-corrected chi connectivity index (χ2v) is 6.90. The highest BCUT2D eigenvalue weighted by molar-refractivity contribution is 9.11. The number of hydrogen-bond acceptors (Lipinski definition) is 3. The SMILES string of the molecule is CC(C(=O)NCC1CCCN1)c1ccc(Br)s1.Cl. The van der Waals surface area contributed by atoms with Gasteiger partial charge in [0.25, 0.3) is 0 Å². The Bertz CT molecular complexity index is 393. The Labute approximate surface area is 126 Å². The average molecular weight is 354 g/mol. The first-order valence-corrected chi connectivity index (χ1v) is 7.54. The summed E-state index contributed by atoms with van der Waals surface area (Å²) in [5.41, 5.74) is 0. The number of carbonyl (C=O) groups is 1. The molecule has 0 radical (unpaired) electrons. The average Bonchev–Trinajstić information content (AvgIpc) is 2.95. The van der Waals surface area contributed by atoms with Crippen molar-refractivity contribution in [1.29, 1.82) is 0 Å². The van der Waals surface area contributed by atoms with Crippen molar-refractivity contribution < 1.29 is 4.79 Å². The van der Waals surface area contributed by atoms with Crippen molar-refractivity contribution in [3.8, 4) is 0 Å². The van der Waals surface area contributed by atoms with Crippen LogP contribution in [0.15, 0.2) is 15.9 Å². The van der Waals surface area contributed by atoms with E-state index in [0.717, 1.165) is 21.8 Å². The summed E-state index contributed by atoms with van der Waals surface area (Å²) in [5, 5.41) is 6.40. The van der Waals surface area contributed by atoms with Crippen LogP contribution in [-0.2, 0) is 4.79 Å². The number of hydrogen-bond donors (Lipinski definition) is 2. The highest BCUT2D eigenvalue weighted by Gasteiger charge is 2.19. The molecule has 3 nitrogen and oxygen atoms in total. The Morgan fingerprint density at radius 3 is 3.00 bits per heavy atom. The molecular weight excluding hydrogens is 336 g/mol. The fraction of sp³-hybridized carbons (Fsp3) is 0.583. The smallest absolute Gasteiger partial charge is 0.228 e. The summed E-state index contributed by atoms with van der Waals surface area (Å²) in [7, 11) is 0. The van der Waals surface area contributed by atoms with E-state index in [-0.39, 0.29) is 24.2 Å². The molecule has 0 spiro atoms. The van der Waals surface area contributed by atoms with Gasteiger partial charge in [-0.25, -0.2) is 0 Å². The van der Waals surface area contributed by atoms with Crippen molar-refractivity contribution in [2.24, 2.45) is 0 Å². The lowest BCUT2D eigenvalue weighted by molar-refractivity contribution is -0.122. The molecule has 2 N–H and O–H groups in total. The summed E-state index contributed by atoms with van der Waals surface area (Å²) in [6.45, 7) is 3.78. The highest BCUT2D eigenvalue weighted by Crippen LogP contribution is 2.28. The predicted octanol–water partition coefficient (Wildman–Crippen LogP) is 2.90. The van der Waals surface area contributed by atoms with E-state index in [2.05, 4.69) is 26.6 Å². The summed E-state index contributed by atoms with van der Waals surface area (Å²) >= 11 is 5.04. The molecule has 2 rings (SSSR count). The molecule has 0 aromatic carbocycles. The standard InChI is InChI=1S/C12H17BrN2OS.ClH/c1-8(10-4-5-11(13)17-10)12(16)15-7-9-3-2-6-14-9;/h4-5,8-9,14H,2-3,6-7H2,1H3,(H,15,16);1H. The van der Waals surface area contributed by atoms with Crippen LogP contribution >= 0.6 is 39.7 Å². The molecule has 2 atom stereocenters. The first kappa shape index (κ1) is 16.0. The molecule has 0 aliphatic carbocycles. The van der Waals surface area contributed by atoms with E-state index >= 15 is 0 Å².